The number of halogens is 1. The summed E-state index contributed by atoms with van der Waals surface area (Å²) in [5, 5.41) is 0. The van der Waals surface area contributed by atoms with Crippen LogP contribution >= 0.6 is 0 Å². The van der Waals surface area contributed by atoms with Crippen LogP contribution in [0.3, 0.4) is 0 Å². The van der Waals surface area contributed by atoms with Crippen molar-refractivity contribution in [2.24, 2.45) is 0 Å². The fourth-order valence-corrected chi connectivity index (χ4v) is 2.85. The lowest BCUT2D eigenvalue weighted by atomic mass is 10.2. The second-order valence-corrected chi connectivity index (χ2v) is 5.77. The molecule has 1 aromatic carbocycles. The third kappa shape index (κ3) is 3.47. The molecule has 112 valence electrons. The highest BCUT2D eigenvalue weighted by molar-refractivity contribution is 7.89. The van der Waals surface area contributed by atoms with E-state index in [1.54, 1.807) is 12.1 Å². The highest BCUT2D eigenvalue weighted by Gasteiger charge is 2.24. The molecule has 0 radical (unpaired) electrons. The van der Waals surface area contributed by atoms with Gasteiger partial charge in [0, 0.05) is 0 Å². The number of nitrogens with one attached hydrogen (secondary N) is 1. The zero-order valence-corrected chi connectivity index (χ0v) is 11.8. The summed E-state index contributed by atoms with van der Waals surface area (Å²) in [4.78, 5) is 11.1. The number of benzene rings is 1. The van der Waals surface area contributed by atoms with Gasteiger partial charge in [-0.15, -0.1) is 0 Å². The molecule has 0 aliphatic heterocycles. The lowest BCUT2D eigenvalue weighted by molar-refractivity contribution is 0.0596. The molecule has 0 fully saturated rings. The third-order valence-electron chi connectivity index (χ3n) is 2.66. The lowest BCUT2D eigenvalue weighted by Gasteiger charge is -2.09. The van der Waals surface area contributed by atoms with Crippen LogP contribution in [0.2, 0.25) is 0 Å². The summed E-state index contributed by atoms with van der Waals surface area (Å²) in [7, 11) is -2.99. The minimum Gasteiger partial charge on any atom is -0.468 e. The summed E-state index contributed by atoms with van der Waals surface area (Å²) in [6.07, 6.45) is 1.39. The molecule has 0 amide bonds. The monoisotopic (exact) mass is 313 g/mol. The Morgan fingerprint density at radius 1 is 1.38 bits per heavy atom. The standard InChI is InChI=1S/C13H12FNO5S/c1-19-13(16)11-5-4-9(14)7-12(11)21(17,18)15-8-10-3-2-6-20-10/h2-7,15H,8H2,1H3. The van der Waals surface area contributed by atoms with Gasteiger partial charge in [0.1, 0.15) is 11.6 Å². The summed E-state index contributed by atoms with van der Waals surface area (Å²) in [6.45, 7) is -0.119. The Hall–Kier alpha value is -2.19. The van der Waals surface area contributed by atoms with Crippen LogP contribution in [0, 0.1) is 5.82 Å². The van der Waals surface area contributed by atoms with Crippen LogP contribution in [0.5, 0.6) is 0 Å². The molecule has 0 saturated heterocycles. The van der Waals surface area contributed by atoms with Crippen molar-refractivity contribution in [3.8, 4) is 0 Å². The number of methoxy groups -OCH3 is 1. The third-order valence-corrected chi connectivity index (χ3v) is 4.10. The fraction of sp³-hybridized carbons (Fsp3) is 0.154. The molecule has 0 bridgehead atoms. The molecule has 0 atom stereocenters. The SMILES string of the molecule is COC(=O)c1ccc(F)cc1S(=O)(=O)NCc1ccco1. The average molecular weight is 313 g/mol. The maximum absolute atomic E-state index is 13.3. The smallest absolute Gasteiger partial charge is 0.339 e. The second-order valence-electron chi connectivity index (χ2n) is 4.04. The van der Waals surface area contributed by atoms with E-state index in [0.29, 0.717) is 5.76 Å². The summed E-state index contributed by atoms with van der Waals surface area (Å²) < 4.78 is 49.4. The van der Waals surface area contributed by atoms with Crippen LogP contribution in [-0.2, 0) is 21.3 Å². The Morgan fingerprint density at radius 3 is 2.76 bits per heavy atom. The molecule has 2 rings (SSSR count). The number of carbonyl (C=O) groups is 1. The predicted molar refractivity (Wildman–Crippen MR) is 70.5 cm³/mol. The molecule has 0 unspecified atom stereocenters. The zero-order chi connectivity index (χ0) is 15.5. The van der Waals surface area contributed by atoms with E-state index < -0.39 is 26.7 Å². The Bertz CT molecular complexity index is 740. The predicted octanol–water partition coefficient (Wildman–Crippen LogP) is 1.68. The van der Waals surface area contributed by atoms with Crippen molar-refractivity contribution in [1.82, 2.24) is 4.72 Å². The van der Waals surface area contributed by atoms with E-state index in [0.717, 1.165) is 25.3 Å². The second kappa shape index (κ2) is 6.06. The van der Waals surface area contributed by atoms with Crippen molar-refractivity contribution in [2.45, 2.75) is 11.4 Å². The number of rotatable bonds is 5. The molecule has 1 aromatic heterocycles. The first-order valence-electron chi connectivity index (χ1n) is 5.84. The van der Waals surface area contributed by atoms with Gasteiger partial charge in [-0.05, 0) is 30.3 Å². The van der Waals surface area contributed by atoms with Crippen molar-refractivity contribution in [3.63, 3.8) is 0 Å². The largest absolute Gasteiger partial charge is 0.468 e. The molecule has 1 N–H and O–H groups in total. The number of hydrogen-bond acceptors (Lipinski definition) is 5. The number of carbonyl (C=O) groups excluding carboxylic acids is 1. The summed E-state index contributed by atoms with van der Waals surface area (Å²) in [5.74, 6) is -1.26. The lowest BCUT2D eigenvalue weighted by Crippen LogP contribution is -2.25. The van der Waals surface area contributed by atoms with Crippen molar-refractivity contribution in [2.75, 3.05) is 7.11 Å². The highest BCUT2D eigenvalue weighted by atomic mass is 32.2. The molecule has 8 heteroatoms. The molecule has 0 spiro atoms. The van der Waals surface area contributed by atoms with Crippen LogP contribution in [0.1, 0.15) is 16.1 Å². The van der Waals surface area contributed by atoms with Gasteiger partial charge in [-0.3, -0.25) is 0 Å². The summed E-state index contributed by atoms with van der Waals surface area (Å²) in [6, 6.07) is 5.98. The molecule has 0 saturated carbocycles. The minimum absolute atomic E-state index is 0.119. The van der Waals surface area contributed by atoms with E-state index >= 15 is 0 Å². The van der Waals surface area contributed by atoms with E-state index in [4.69, 9.17) is 4.42 Å². The van der Waals surface area contributed by atoms with Crippen LogP contribution in [0.25, 0.3) is 0 Å². The van der Waals surface area contributed by atoms with E-state index in [1.165, 1.54) is 6.26 Å². The molecule has 2 aromatic rings. The molecule has 0 aliphatic carbocycles. The fourth-order valence-electron chi connectivity index (χ4n) is 1.65. The van der Waals surface area contributed by atoms with Gasteiger partial charge < -0.3 is 9.15 Å². The molecule has 21 heavy (non-hydrogen) atoms. The Morgan fingerprint density at radius 2 is 2.14 bits per heavy atom. The topological polar surface area (TPSA) is 85.6 Å². The van der Waals surface area contributed by atoms with Gasteiger partial charge >= 0.3 is 5.97 Å². The maximum atomic E-state index is 13.3. The zero-order valence-electron chi connectivity index (χ0n) is 11.0. The van der Waals surface area contributed by atoms with E-state index in [9.17, 15) is 17.6 Å². The van der Waals surface area contributed by atoms with E-state index in [1.807, 2.05) is 0 Å². The Labute approximate surface area is 120 Å². The number of furan rings is 1. The number of hydrogen-bond donors (Lipinski definition) is 1. The van der Waals surface area contributed by atoms with E-state index in [-0.39, 0.29) is 12.1 Å². The van der Waals surface area contributed by atoms with Crippen LogP contribution < -0.4 is 4.72 Å². The van der Waals surface area contributed by atoms with Gasteiger partial charge in [0.05, 0.1) is 30.4 Å². The van der Waals surface area contributed by atoms with Gasteiger partial charge in [0.15, 0.2) is 0 Å². The number of esters is 1. The van der Waals surface area contributed by atoms with Crippen molar-refractivity contribution >= 4 is 16.0 Å². The molecule has 0 aliphatic rings. The maximum Gasteiger partial charge on any atom is 0.339 e. The quantitative estimate of drug-likeness (QED) is 0.849. The first-order chi connectivity index (χ1) is 9.94. The molecule has 6 nitrogen and oxygen atoms in total. The van der Waals surface area contributed by atoms with Crippen LogP contribution in [0.4, 0.5) is 4.39 Å². The first-order valence-corrected chi connectivity index (χ1v) is 7.32. The van der Waals surface area contributed by atoms with Gasteiger partial charge in [0.2, 0.25) is 10.0 Å². The number of sulfonamides is 1. The van der Waals surface area contributed by atoms with Crippen molar-refractivity contribution < 1.29 is 26.8 Å². The average Bonchev–Trinajstić information content (AvgIpc) is 2.98. The normalized spacial score (nSPS) is 11.3. The Kier molecular flexibility index (Phi) is 4.39. The van der Waals surface area contributed by atoms with Gasteiger partial charge in [-0.1, -0.05) is 0 Å². The highest BCUT2D eigenvalue weighted by Crippen LogP contribution is 2.18. The van der Waals surface area contributed by atoms with E-state index in [2.05, 4.69) is 9.46 Å². The van der Waals surface area contributed by atoms with Gasteiger partial charge in [-0.2, -0.15) is 0 Å². The van der Waals surface area contributed by atoms with Crippen molar-refractivity contribution in [3.05, 3.63) is 53.7 Å². The van der Waals surface area contributed by atoms with Crippen LogP contribution in [0.15, 0.2) is 45.9 Å². The van der Waals surface area contributed by atoms with Crippen molar-refractivity contribution in [1.29, 1.82) is 0 Å². The summed E-state index contributed by atoms with van der Waals surface area (Å²) >= 11 is 0. The Balaban J connectivity index is 2.34. The molecule has 1 heterocycles. The molecular formula is C13H12FNO5S. The minimum atomic E-state index is -4.10. The number of ether oxygens (including phenoxy) is 1. The van der Waals surface area contributed by atoms with Gasteiger partial charge in [-0.25, -0.2) is 22.3 Å². The molecular weight excluding hydrogens is 301 g/mol. The van der Waals surface area contributed by atoms with Gasteiger partial charge in [0.25, 0.3) is 0 Å². The van der Waals surface area contributed by atoms with Crippen LogP contribution in [-0.4, -0.2) is 21.5 Å². The summed E-state index contributed by atoms with van der Waals surface area (Å²) in [5.41, 5.74) is -0.245. The first kappa shape index (κ1) is 15.2.